The molecular weight excluding hydrogens is 374 g/mol. The highest BCUT2D eigenvalue weighted by Gasteiger charge is 2.24. The molecule has 1 heterocycles. The summed E-state index contributed by atoms with van der Waals surface area (Å²) in [5.41, 5.74) is 1.53. The molecular formula is C21H23N3O3S. The van der Waals surface area contributed by atoms with Gasteiger partial charge in [0.25, 0.3) is 10.0 Å². The van der Waals surface area contributed by atoms with Gasteiger partial charge in [0.05, 0.1) is 18.3 Å². The smallest absolute Gasteiger partial charge is 0.265 e. The van der Waals surface area contributed by atoms with Crippen LogP contribution in [-0.2, 0) is 10.0 Å². The van der Waals surface area contributed by atoms with E-state index in [1.807, 2.05) is 36.4 Å². The molecule has 6 nitrogen and oxygen atoms in total. The number of pyridine rings is 1. The second-order valence-electron chi connectivity index (χ2n) is 6.17. The molecule has 3 rings (SSSR count). The molecule has 7 heteroatoms. The number of aliphatic hydroxyl groups excluding tert-OH is 1. The van der Waals surface area contributed by atoms with E-state index in [9.17, 15) is 13.5 Å². The molecule has 0 fully saturated rings. The highest BCUT2D eigenvalue weighted by molar-refractivity contribution is 7.92. The first-order chi connectivity index (χ1) is 13.6. The number of nitrogens with zero attached hydrogens (tertiary/aromatic N) is 2. The Labute approximate surface area is 165 Å². The van der Waals surface area contributed by atoms with Gasteiger partial charge in [-0.25, -0.2) is 13.4 Å². The number of hydrogen-bond donors (Lipinski definition) is 2. The summed E-state index contributed by atoms with van der Waals surface area (Å²) in [6.45, 7) is 2.00. The third-order valence-corrected chi connectivity index (χ3v) is 6.25. The minimum Gasteiger partial charge on any atom is -0.394 e. The van der Waals surface area contributed by atoms with Crippen LogP contribution in [0.5, 0.6) is 0 Å². The molecule has 146 valence electrons. The fourth-order valence-corrected chi connectivity index (χ4v) is 4.35. The van der Waals surface area contributed by atoms with Gasteiger partial charge in [-0.1, -0.05) is 48.5 Å². The fraction of sp³-hybridized carbons (Fsp3) is 0.190. The van der Waals surface area contributed by atoms with Gasteiger partial charge in [-0.05, 0) is 36.8 Å². The lowest BCUT2D eigenvalue weighted by molar-refractivity contribution is 0.276. The molecule has 0 amide bonds. The summed E-state index contributed by atoms with van der Waals surface area (Å²) >= 11 is 0. The van der Waals surface area contributed by atoms with Crippen molar-refractivity contribution >= 4 is 21.5 Å². The zero-order chi connectivity index (χ0) is 20.0. The molecule has 0 aliphatic rings. The second-order valence-corrected chi connectivity index (χ2v) is 8.04. The number of sulfonamides is 1. The zero-order valence-corrected chi connectivity index (χ0v) is 16.4. The minimum atomic E-state index is -3.71. The average Bonchev–Trinajstić information content (AvgIpc) is 2.74. The lowest BCUT2D eigenvalue weighted by atomic mass is 10.1. The Kier molecular flexibility index (Phi) is 6.28. The van der Waals surface area contributed by atoms with Crippen LogP contribution in [0.3, 0.4) is 0 Å². The number of benzene rings is 2. The average molecular weight is 398 g/mol. The van der Waals surface area contributed by atoms with Crippen molar-refractivity contribution in [3.05, 3.63) is 84.6 Å². The van der Waals surface area contributed by atoms with Crippen molar-refractivity contribution in [1.29, 1.82) is 0 Å². The maximum Gasteiger partial charge on any atom is 0.265 e. The van der Waals surface area contributed by atoms with Crippen molar-refractivity contribution in [3.63, 3.8) is 0 Å². The fourth-order valence-electron chi connectivity index (χ4n) is 2.93. The molecule has 0 aliphatic heterocycles. The van der Waals surface area contributed by atoms with Crippen LogP contribution in [0, 0.1) is 0 Å². The summed E-state index contributed by atoms with van der Waals surface area (Å²) in [5, 5.41) is 12.8. The molecule has 0 radical (unpaired) electrons. The molecule has 0 saturated heterocycles. The van der Waals surface area contributed by atoms with Crippen molar-refractivity contribution in [2.24, 2.45) is 0 Å². The topological polar surface area (TPSA) is 82.5 Å². The van der Waals surface area contributed by atoms with E-state index in [0.717, 1.165) is 5.56 Å². The Bertz CT molecular complexity index is 978. The molecule has 1 aromatic heterocycles. The third-order valence-electron chi connectivity index (χ3n) is 4.36. The Morgan fingerprint density at radius 1 is 1.00 bits per heavy atom. The standard InChI is InChI=1S/C21H23N3O3S/c1-2-24(18-11-7-4-8-12-18)28(26,27)19-13-14-21(22-15-19)23-20(16-25)17-9-5-3-6-10-17/h3-15,20,25H,2,16H2,1H3,(H,22,23). The lowest BCUT2D eigenvalue weighted by Gasteiger charge is -2.23. The Balaban J connectivity index is 1.81. The predicted molar refractivity (Wildman–Crippen MR) is 111 cm³/mol. The third kappa shape index (κ3) is 4.32. The molecule has 1 atom stereocenters. The molecule has 0 spiro atoms. The molecule has 1 unspecified atom stereocenters. The van der Waals surface area contributed by atoms with E-state index in [-0.39, 0.29) is 17.5 Å². The number of aliphatic hydroxyl groups is 1. The molecule has 3 aromatic rings. The van der Waals surface area contributed by atoms with Crippen LogP contribution in [0.2, 0.25) is 0 Å². The number of para-hydroxylation sites is 1. The highest BCUT2D eigenvalue weighted by atomic mass is 32.2. The van der Waals surface area contributed by atoms with E-state index in [0.29, 0.717) is 18.1 Å². The Hall–Kier alpha value is -2.90. The summed E-state index contributed by atoms with van der Waals surface area (Å²) in [6, 6.07) is 21.3. The maximum absolute atomic E-state index is 13.0. The second kappa shape index (κ2) is 8.86. The van der Waals surface area contributed by atoms with E-state index in [4.69, 9.17) is 0 Å². The number of anilines is 2. The van der Waals surface area contributed by atoms with Crippen LogP contribution in [0.25, 0.3) is 0 Å². The molecule has 2 N–H and O–H groups in total. The van der Waals surface area contributed by atoms with Gasteiger partial charge in [-0.2, -0.15) is 0 Å². The van der Waals surface area contributed by atoms with Gasteiger partial charge < -0.3 is 10.4 Å². The summed E-state index contributed by atoms with van der Waals surface area (Å²) in [4.78, 5) is 4.36. The first-order valence-electron chi connectivity index (χ1n) is 9.02. The van der Waals surface area contributed by atoms with Crippen LogP contribution in [0.1, 0.15) is 18.5 Å². The highest BCUT2D eigenvalue weighted by Crippen LogP contribution is 2.24. The number of hydrogen-bond acceptors (Lipinski definition) is 5. The number of nitrogens with one attached hydrogen (secondary N) is 1. The number of aromatic nitrogens is 1. The largest absolute Gasteiger partial charge is 0.394 e. The summed E-state index contributed by atoms with van der Waals surface area (Å²) < 4.78 is 27.3. The first-order valence-corrected chi connectivity index (χ1v) is 10.5. The van der Waals surface area contributed by atoms with Gasteiger partial charge in [0.2, 0.25) is 0 Å². The predicted octanol–water partition coefficient (Wildman–Crippen LogP) is 3.44. The molecule has 0 bridgehead atoms. The lowest BCUT2D eigenvalue weighted by Crippen LogP contribution is -2.30. The Morgan fingerprint density at radius 3 is 2.18 bits per heavy atom. The van der Waals surface area contributed by atoms with Crippen molar-refractivity contribution in [3.8, 4) is 0 Å². The van der Waals surface area contributed by atoms with Gasteiger partial charge in [-0.3, -0.25) is 4.31 Å². The maximum atomic E-state index is 13.0. The van der Waals surface area contributed by atoms with Gasteiger partial charge in [0.15, 0.2) is 0 Å². The summed E-state index contributed by atoms with van der Waals surface area (Å²) in [5.74, 6) is 0.490. The van der Waals surface area contributed by atoms with Crippen LogP contribution in [-0.4, -0.2) is 31.7 Å². The van der Waals surface area contributed by atoms with Crippen LogP contribution in [0.4, 0.5) is 11.5 Å². The van der Waals surface area contributed by atoms with Crippen molar-refractivity contribution < 1.29 is 13.5 Å². The van der Waals surface area contributed by atoms with Crippen molar-refractivity contribution in [2.45, 2.75) is 17.9 Å². The van der Waals surface area contributed by atoms with E-state index in [1.165, 1.54) is 16.6 Å². The van der Waals surface area contributed by atoms with Crippen LogP contribution in [0.15, 0.2) is 83.9 Å². The van der Waals surface area contributed by atoms with E-state index < -0.39 is 10.0 Å². The molecule has 28 heavy (non-hydrogen) atoms. The van der Waals surface area contributed by atoms with Crippen LogP contribution < -0.4 is 9.62 Å². The molecule has 0 saturated carbocycles. The van der Waals surface area contributed by atoms with Gasteiger partial charge in [0, 0.05) is 12.7 Å². The van der Waals surface area contributed by atoms with Crippen molar-refractivity contribution in [2.75, 3.05) is 22.8 Å². The van der Waals surface area contributed by atoms with E-state index in [1.54, 1.807) is 37.3 Å². The Morgan fingerprint density at radius 2 is 1.64 bits per heavy atom. The monoisotopic (exact) mass is 397 g/mol. The van der Waals surface area contributed by atoms with Gasteiger partial charge in [0.1, 0.15) is 10.7 Å². The summed E-state index contributed by atoms with van der Waals surface area (Å²) in [7, 11) is -3.71. The van der Waals surface area contributed by atoms with E-state index >= 15 is 0 Å². The quantitative estimate of drug-likeness (QED) is 0.608. The normalized spacial score (nSPS) is 12.4. The summed E-state index contributed by atoms with van der Waals surface area (Å²) in [6.07, 6.45) is 1.34. The minimum absolute atomic E-state index is 0.108. The van der Waals surface area contributed by atoms with E-state index in [2.05, 4.69) is 10.3 Å². The SMILES string of the molecule is CCN(c1ccccc1)S(=O)(=O)c1ccc(NC(CO)c2ccccc2)nc1. The molecule has 0 aliphatic carbocycles. The molecule has 2 aromatic carbocycles. The van der Waals surface area contributed by atoms with Crippen molar-refractivity contribution in [1.82, 2.24) is 4.98 Å². The van der Waals surface area contributed by atoms with Gasteiger partial charge in [-0.15, -0.1) is 0 Å². The van der Waals surface area contributed by atoms with Crippen LogP contribution >= 0.6 is 0 Å². The van der Waals surface area contributed by atoms with Gasteiger partial charge >= 0.3 is 0 Å². The number of rotatable bonds is 8. The zero-order valence-electron chi connectivity index (χ0n) is 15.6. The first kappa shape index (κ1) is 19.9.